The van der Waals surface area contributed by atoms with E-state index in [2.05, 4.69) is 21.3 Å². The average molecular weight is 339 g/mol. The van der Waals surface area contributed by atoms with Crippen molar-refractivity contribution in [3.8, 4) is 5.75 Å². The Hall–Kier alpha value is -2.48. The molecule has 2 aliphatic heterocycles. The highest BCUT2D eigenvalue weighted by Gasteiger charge is 2.21. The van der Waals surface area contributed by atoms with E-state index < -0.39 is 6.03 Å². The van der Waals surface area contributed by atoms with Crippen LogP contribution in [0.1, 0.15) is 12.8 Å². The van der Waals surface area contributed by atoms with Crippen LogP contribution in [-0.4, -0.2) is 37.0 Å². The van der Waals surface area contributed by atoms with Gasteiger partial charge in [-0.15, -0.1) is 0 Å². The van der Waals surface area contributed by atoms with Crippen LogP contribution in [0, 0.1) is 0 Å². The van der Waals surface area contributed by atoms with E-state index >= 15 is 0 Å². The number of piperidine rings is 1. The van der Waals surface area contributed by atoms with Crippen LogP contribution in [0.3, 0.4) is 0 Å². The van der Waals surface area contributed by atoms with Gasteiger partial charge in [-0.3, -0.25) is 9.59 Å². The van der Waals surface area contributed by atoms with Crippen molar-refractivity contribution in [1.82, 2.24) is 10.6 Å². The van der Waals surface area contributed by atoms with Crippen LogP contribution in [0.5, 0.6) is 5.75 Å². The first-order valence-corrected chi connectivity index (χ1v) is 7.49. The maximum atomic E-state index is 12.0. The van der Waals surface area contributed by atoms with E-state index in [-0.39, 0.29) is 29.5 Å². The maximum Gasteiger partial charge on any atom is 0.319 e. The molecule has 0 aromatic heterocycles. The Morgan fingerprint density at radius 2 is 2.13 bits per heavy atom. The Morgan fingerprint density at radius 3 is 2.87 bits per heavy atom. The Kier molecular flexibility index (Phi) is 4.24. The van der Waals surface area contributed by atoms with Crippen LogP contribution in [0.25, 0.3) is 0 Å². The van der Waals surface area contributed by atoms with Crippen LogP contribution in [0.2, 0.25) is 5.02 Å². The SMILES string of the molecule is O=C1CCC(NC(=O)Nc2cc3c(cc2Cl)NC(=O)CO3)CN1. The van der Waals surface area contributed by atoms with Crippen molar-refractivity contribution in [2.45, 2.75) is 18.9 Å². The highest BCUT2D eigenvalue weighted by Crippen LogP contribution is 2.36. The molecule has 23 heavy (non-hydrogen) atoms. The molecule has 3 rings (SSSR count). The fourth-order valence-electron chi connectivity index (χ4n) is 2.40. The molecular formula is C14H15ClN4O4. The number of hydrogen-bond acceptors (Lipinski definition) is 4. The van der Waals surface area contributed by atoms with Crippen LogP contribution in [0.4, 0.5) is 16.2 Å². The van der Waals surface area contributed by atoms with Gasteiger partial charge in [0.25, 0.3) is 5.91 Å². The second-order valence-corrected chi connectivity index (χ2v) is 5.71. The molecule has 2 aliphatic rings. The van der Waals surface area contributed by atoms with Crippen molar-refractivity contribution in [2.24, 2.45) is 0 Å². The summed E-state index contributed by atoms with van der Waals surface area (Å²) in [5, 5.41) is 11.0. The molecule has 2 heterocycles. The van der Waals surface area contributed by atoms with E-state index in [0.29, 0.717) is 36.5 Å². The molecule has 1 aromatic rings. The summed E-state index contributed by atoms with van der Waals surface area (Å²) in [4.78, 5) is 34.4. The fourth-order valence-corrected chi connectivity index (χ4v) is 2.61. The monoisotopic (exact) mass is 338 g/mol. The van der Waals surface area contributed by atoms with E-state index in [0.717, 1.165) is 0 Å². The smallest absolute Gasteiger partial charge is 0.319 e. The number of urea groups is 1. The number of carbonyl (C=O) groups is 3. The number of amides is 4. The maximum absolute atomic E-state index is 12.0. The summed E-state index contributed by atoms with van der Waals surface area (Å²) < 4.78 is 5.28. The molecule has 122 valence electrons. The number of ether oxygens (including phenoxy) is 1. The average Bonchev–Trinajstić information content (AvgIpc) is 2.50. The Morgan fingerprint density at radius 1 is 1.30 bits per heavy atom. The molecule has 9 heteroatoms. The second kappa shape index (κ2) is 6.33. The Bertz CT molecular complexity index is 669. The van der Waals surface area contributed by atoms with Gasteiger partial charge in [-0.25, -0.2) is 4.79 Å². The van der Waals surface area contributed by atoms with Gasteiger partial charge in [0, 0.05) is 25.1 Å². The summed E-state index contributed by atoms with van der Waals surface area (Å²) in [5.41, 5.74) is 0.839. The number of benzene rings is 1. The van der Waals surface area contributed by atoms with E-state index in [9.17, 15) is 14.4 Å². The van der Waals surface area contributed by atoms with Gasteiger partial charge in [0.15, 0.2) is 6.61 Å². The molecule has 1 unspecified atom stereocenters. The van der Waals surface area contributed by atoms with Crippen molar-refractivity contribution >= 4 is 40.8 Å². The van der Waals surface area contributed by atoms with E-state index in [4.69, 9.17) is 16.3 Å². The van der Waals surface area contributed by atoms with Crippen molar-refractivity contribution in [3.05, 3.63) is 17.2 Å². The van der Waals surface area contributed by atoms with E-state index in [1.807, 2.05) is 0 Å². The van der Waals surface area contributed by atoms with Gasteiger partial charge in [0.05, 0.1) is 16.4 Å². The number of halogens is 1. The molecule has 0 bridgehead atoms. The van der Waals surface area contributed by atoms with Crippen LogP contribution < -0.4 is 26.0 Å². The highest BCUT2D eigenvalue weighted by molar-refractivity contribution is 6.34. The second-order valence-electron chi connectivity index (χ2n) is 5.30. The van der Waals surface area contributed by atoms with Gasteiger partial charge < -0.3 is 26.0 Å². The molecule has 1 saturated heterocycles. The minimum absolute atomic E-state index is 0.0135. The topological polar surface area (TPSA) is 109 Å². The lowest BCUT2D eigenvalue weighted by molar-refractivity contribution is -0.122. The normalized spacial score (nSPS) is 19.8. The van der Waals surface area contributed by atoms with Crippen molar-refractivity contribution in [2.75, 3.05) is 23.8 Å². The third-order valence-electron chi connectivity index (χ3n) is 3.55. The summed E-state index contributed by atoms with van der Waals surface area (Å²) in [7, 11) is 0. The molecule has 0 radical (unpaired) electrons. The standard InChI is InChI=1S/C14H15ClN4O4/c15-8-3-10-11(23-6-13(21)18-10)4-9(8)19-14(22)17-7-1-2-12(20)16-5-7/h3-4,7H,1-2,5-6H2,(H,16,20)(H,18,21)(H2,17,19,22). The molecule has 0 aliphatic carbocycles. The first kappa shape index (κ1) is 15.4. The lowest BCUT2D eigenvalue weighted by Crippen LogP contribution is -2.48. The molecule has 4 amide bonds. The third-order valence-corrected chi connectivity index (χ3v) is 3.86. The predicted molar refractivity (Wildman–Crippen MR) is 83.8 cm³/mol. The molecule has 0 spiro atoms. The molecular weight excluding hydrogens is 324 g/mol. The fraction of sp³-hybridized carbons (Fsp3) is 0.357. The number of rotatable bonds is 2. The van der Waals surface area contributed by atoms with Crippen LogP contribution in [0.15, 0.2) is 12.1 Å². The van der Waals surface area contributed by atoms with Gasteiger partial charge in [-0.2, -0.15) is 0 Å². The number of anilines is 2. The quantitative estimate of drug-likeness (QED) is 0.646. The van der Waals surface area contributed by atoms with E-state index in [1.165, 1.54) is 6.07 Å². The summed E-state index contributed by atoms with van der Waals surface area (Å²) in [6.45, 7) is 0.321. The van der Waals surface area contributed by atoms with Gasteiger partial charge in [0.1, 0.15) is 5.75 Å². The summed E-state index contributed by atoms with van der Waals surface area (Å²) in [6.07, 6.45) is 0.977. The molecule has 0 saturated carbocycles. The van der Waals surface area contributed by atoms with Gasteiger partial charge in [0.2, 0.25) is 5.91 Å². The number of hydrogen-bond donors (Lipinski definition) is 4. The molecule has 1 fully saturated rings. The number of fused-ring (bicyclic) bond motifs is 1. The minimum Gasteiger partial charge on any atom is -0.482 e. The molecule has 1 atom stereocenters. The van der Waals surface area contributed by atoms with Gasteiger partial charge in [-0.1, -0.05) is 11.6 Å². The minimum atomic E-state index is -0.423. The van der Waals surface area contributed by atoms with Crippen LogP contribution in [-0.2, 0) is 9.59 Å². The van der Waals surface area contributed by atoms with Crippen molar-refractivity contribution in [3.63, 3.8) is 0 Å². The zero-order valence-corrected chi connectivity index (χ0v) is 12.8. The number of carbonyl (C=O) groups excluding carboxylic acids is 3. The first-order chi connectivity index (χ1) is 11.0. The number of nitrogens with one attached hydrogen (secondary N) is 4. The van der Waals surface area contributed by atoms with E-state index in [1.54, 1.807) is 6.07 Å². The Labute approximate surface area is 136 Å². The van der Waals surface area contributed by atoms with Crippen molar-refractivity contribution in [1.29, 1.82) is 0 Å². The van der Waals surface area contributed by atoms with Gasteiger partial charge in [-0.05, 0) is 12.5 Å². The zero-order chi connectivity index (χ0) is 16.4. The lowest BCUT2D eigenvalue weighted by atomic mass is 10.1. The largest absolute Gasteiger partial charge is 0.482 e. The first-order valence-electron chi connectivity index (χ1n) is 7.11. The zero-order valence-electron chi connectivity index (χ0n) is 12.1. The van der Waals surface area contributed by atoms with Crippen molar-refractivity contribution < 1.29 is 19.1 Å². The predicted octanol–water partition coefficient (Wildman–Crippen LogP) is 1.07. The highest BCUT2D eigenvalue weighted by atomic mass is 35.5. The summed E-state index contributed by atoms with van der Waals surface area (Å²) >= 11 is 6.11. The molecule has 4 N–H and O–H groups in total. The van der Waals surface area contributed by atoms with Gasteiger partial charge >= 0.3 is 6.03 Å². The lowest BCUT2D eigenvalue weighted by Gasteiger charge is -2.24. The Balaban J connectivity index is 1.64. The third kappa shape index (κ3) is 3.65. The summed E-state index contributed by atoms with van der Waals surface area (Å²) in [6, 6.07) is 2.52. The summed E-state index contributed by atoms with van der Waals surface area (Å²) in [5.74, 6) is 0.168. The molecule has 1 aromatic carbocycles. The molecule has 8 nitrogen and oxygen atoms in total. The van der Waals surface area contributed by atoms with Crippen LogP contribution >= 0.6 is 11.6 Å².